The highest BCUT2D eigenvalue weighted by Gasteiger charge is 2.15. The second-order valence-corrected chi connectivity index (χ2v) is 8.80. The molecule has 146 valence electrons. The van der Waals surface area contributed by atoms with E-state index in [2.05, 4.69) is 29.2 Å². The first-order chi connectivity index (χ1) is 13.0. The van der Waals surface area contributed by atoms with Crippen molar-refractivity contribution < 1.29 is 12.6 Å². The Hall–Kier alpha value is -2.05. The number of nitrogens with zero attached hydrogens (tertiary/aromatic N) is 2. The maximum atomic E-state index is 12.1. The van der Waals surface area contributed by atoms with Crippen molar-refractivity contribution >= 4 is 15.8 Å². The molecule has 1 heterocycles. The molecule has 2 aromatic carbocycles. The van der Waals surface area contributed by atoms with Crippen molar-refractivity contribution in [1.29, 1.82) is 0 Å². The van der Waals surface area contributed by atoms with Gasteiger partial charge >= 0.3 is 10.1 Å². The van der Waals surface area contributed by atoms with Crippen molar-refractivity contribution in [3.8, 4) is 5.75 Å². The lowest BCUT2D eigenvalue weighted by Gasteiger charge is -2.29. The second kappa shape index (κ2) is 9.24. The van der Waals surface area contributed by atoms with Crippen LogP contribution in [0.15, 0.2) is 54.6 Å². The Kier molecular flexibility index (Phi) is 6.74. The lowest BCUT2D eigenvalue weighted by atomic mass is 10.1. The average molecular weight is 389 g/mol. The molecule has 0 saturated carbocycles. The average Bonchev–Trinajstić information content (AvgIpc) is 2.68. The molecule has 1 aliphatic heterocycles. The molecule has 0 amide bonds. The molecular formula is C21H28N2O3S. The molecular weight excluding hydrogens is 360 g/mol. The van der Waals surface area contributed by atoms with Gasteiger partial charge in [-0.1, -0.05) is 30.3 Å². The summed E-state index contributed by atoms with van der Waals surface area (Å²) < 4.78 is 29.4. The van der Waals surface area contributed by atoms with Gasteiger partial charge in [0.05, 0.1) is 5.75 Å². The van der Waals surface area contributed by atoms with Gasteiger partial charge in [0.1, 0.15) is 5.75 Å². The summed E-state index contributed by atoms with van der Waals surface area (Å²) in [5.41, 5.74) is 2.46. The van der Waals surface area contributed by atoms with Gasteiger partial charge in [0, 0.05) is 31.9 Å². The molecule has 1 aliphatic rings. The highest BCUT2D eigenvalue weighted by molar-refractivity contribution is 7.87. The SMILES string of the molecule is CN(CCS(=O)(=O)Oc1ccccc1)Cc1ccc(N2CCCCC2)cc1. The molecule has 1 fully saturated rings. The van der Waals surface area contributed by atoms with Gasteiger partial charge in [0.25, 0.3) is 0 Å². The Morgan fingerprint density at radius 1 is 0.963 bits per heavy atom. The van der Waals surface area contributed by atoms with E-state index in [4.69, 9.17) is 4.18 Å². The van der Waals surface area contributed by atoms with Crippen LogP contribution in [0.4, 0.5) is 5.69 Å². The molecule has 0 atom stereocenters. The van der Waals surface area contributed by atoms with Crippen molar-refractivity contribution in [2.75, 3.05) is 37.3 Å². The normalized spacial score (nSPS) is 15.1. The third-order valence-electron chi connectivity index (χ3n) is 4.80. The van der Waals surface area contributed by atoms with Crippen LogP contribution in [-0.4, -0.2) is 45.8 Å². The molecule has 0 N–H and O–H groups in total. The van der Waals surface area contributed by atoms with Crippen molar-refractivity contribution in [3.05, 3.63) is 60.2 Å². The Bertz CT molecular complexity index is 801. The van der Waals surface area contributed by atoms with E-state index in [-0.39, 0.29) is 5.75 Å². The van der Waals surface area contributed by atoms with Crippen molar-refractivity contribution in [1.82, 2.24) is 4.90 Å². The maximum absolute atomic E-state index is 12.1. The molecule has 0 unspecified atom stereocenters. The summed E-state index contributed by atoms with van der Waals surface area (Å²) in [6.45, 7) is 3.40. The number of para-hydroxylation sites is 1. The molecule has 0 aromatic heterocycles. The van der Waals surface area contributed by atoms with Gasteiger partial charge in [-0.2, -0.15) is 8.42 Å². The molecule has 5 nitrogen and oxygen atoms in total. The topological polar surface area (TPSA) is 49.9 Å². The summed E-state index contributed by atoms with van der Waals surface area (Å²) in [5.74, 6) is 0.318. The molecule has 27 heavy (non-hydrogen) atoms. The summed E-state index contributed by atoms with van der Waals surface area (Å²) in [5, 5.41) is 0. The minimum atomic E-state index is -3.59. The van der Waals surface area contributed by atoms with Crippen LogP contribution in [0.2, 0.25) is 0 Å². The van der Waals surface area contributed by atoms with Gasteiger partial charge in [-0.05, 0) is 56.1 Å². The van der Waals surface area contributed by atoms with E-state index in [0.29, 0.717) is 18.8 Å². The fraction of sp³-hybridized carbons (Fsp3) is 0.429. The molecule has 2 aromatic rings. The lowest BCUT2D eigenvalue weighted by molar-refractivity contribution is 0.342. The Morgan fingerprint density at radius 2 is 1.63 bits per heavy atom. The van der Waals surface area contributed by atoms with E-state index >= 15 is 0 Å². The Balaban J connectivity index is 1.48. The molecule has 6 heteroatoms. The Labute approximate surface area is 162 Å². The lowest BCUT2D eigenvalue weighted by Crippen LogP contribution is -2.29. The summed E-state index contributed by atoms with van der Waals surface area (Å²) >= 11 is 0. The van der Waals surface area contributed by atoms with Crippen LogP contribution >= 0.6 is 0 Å². The zero-order valence-corrected chi connectivity index (χ0v) is 16.7. The van der Waals surface area contributed by atoms with Crippen LogP contribution in [0.1, 0.15) is 24.8 Å². The highest BCUT2D eigenvalue weighted by atomic mass is 32.2. The van der Waals surface area contributed by atoms with E-state index < -0.39 is 10.1 Å². The first-order valence-corrected chi connectivity index (χ1v) is 11.1. The van der Waals surface area contributed by atoms with Gasteiger partial charge in [-0.3, -0.25) is 0 Å². The fourth-order valence-electron chi connectivity index (χ4n) is 3.29. The van der Waals surface area contributed by atoms with Crippen LogP contribution in [0.5, 0.6) is 5.75 Å². The predicted molar refractivity (Wildman–Crippen MR) is 110 cm³/mol. The van der Waals surface area contributed by atoms with Crippen LogP contribution in [0.3, 0.4) is 0 Å². The first-order valence-electron chi connectivity index (χ1n) is 9.51. The first kappa shape index (κ1) is 19.7. The van der Waals surface area contributed by atoms with Gasteiger partial charge in [0.2, 0.25) is 0 Å². The van der Waals surface area contributed by atoms with Crippen molar-refractivity contribution in [2.45, 2.75) is 25.8 Å². The van der Waals surface area contributed by atoms with E-state index in [0.717, 1.165) is 13.1 Å². The third kappa shape index (κ3) is 6.26. The Morgan fingerprint density at radius 3 is 2.30 bits per heavy atom. The van der Waals surface area contributed by atoms with Crippen LogP contribution in [0.25, 0.3) is 0 Å². The number of benzene rings is 2. The molecule has 3 rings (SSSR count). The van der Waals surface area contributed by atoms with Crippen molar-refractivity contribution in [2.24, 2.45) is 0 Å². The molecule has 0 bridgehead atoms. The van der Waals surface area contributed by atoms with Crippen LogP contribution < -0.4 is 9.08 Å². The maximum Gasteiger partial charge on any atom is 0.310 e. The predicted octanol–water partition coefficient (Wildman–Crippen LogP) is 3.52. The van der Waals surface area contributed by atoms with E-state index in [1.807, 2.05) is 18.0 Å². The minimum absolute atomic E-state index is 0.0374. The minimum Gasteiger partial charge on any atom is -0.382 e. The fourth-order valence-corrected chi connectivity index (χ4v) is 4.31. The van der Waals surface area contributed by atoms with Gasteiger partial charge in [0.15, 0.2) is 0 Å². The van der Waals surface area contributed by atoms with Gasteiger partial charge < -0.3 is 14.0 Å². The standard InChI is InChI=1S/C21H28N2O3S/c1-22(16-17-27(24,25)26-21-8-4-2-5-9-21)18-19-10-12-20(13-11-19)23-14-6-3-7-15-23/h2,4-5,8-13H,3,6-7,14-18H2,1H3. The van der Waals surface area contributed by atoms with Crippen LogP contribution in [0, 0.1) is 0 Å². The highest BCUT2D eigenvalue weighted by Crippen LogP contribution is 2.20. The number of anilines is 1. The summed E-state index contributed by atoms with van der Waals surface area (Å²) in [6, 6.07) is 17.2. The number of piperidine rings is 1. The molecule has 0 radical (unpaired) electrons. The number of hydrogen-bond donors (Lipinski definition) is 0. The number of hydrogen-bond acceptors (Lipinski definition) is 5. The largest absolute Gasteiger partial charge is 0.382 e. The zero-order chi connectivity index (χ0) is 19.1. The summed E-state index contributed by atoms with van der Waals surface area (Å²) in [7, 11) is -1.66. The molecule has 1 saturated heterocycles. The molecule has 0 spiro atoms. The number of rotatable bonds is 8. The quantitative estimate of drug-likeness (QED) is 0.648. The van der Waals surface area contributed by atoms with E-state index in [1.54, 1.807) is 24.3 Å². The van der Waals surface area contributed by atoms with E-state index in [1.165, 1.54) is 30.5 Å². The zero-order valence-electron chi connectivity index (χ0n) is 15.9. The van der Waals surface area contributed by atoms with Gasteiger partial charge in [-0.15, -0.1) is 0 Å². The smallest absolute Gasteiger partial charge is 0.310 e. The monoisotopic (exact) mass is 388 g/mol. The van der Waals surface area contributed by atoms with Crippen molar-refractivity contribution in [3.63, 3.8) is 0 Å². The van der Waals surface area contributed by atoms with Crippen LogP contribution in [-0.2, 0) is 16.7 Å². The third-order valence-corrected chi connectivity index (χ3v) is 5.93. The molecule has 0 aliphatic carbocycles. The second-order valence-electron chi connectivity index (χ2n) is 7.11. The van der Waals surface area contributed by atoms with Gasteiger partial charge in [-0.25, -0.2) is 0 Å². The van der Waals surface area contributed by atoms with E-state index in [9.17, 15) is 8.42 Å². The summed E-state index contributed by atoms with van der Waals surface area (Å²) in [4.78, 5) is 4.44. The summed E-state index contributed by atoms with van der Waals surface area (Å²) in [6.07, 6.45) is 3.87.